The largest absolute Gasteiger partial charge is 0.381 e. The van der Waals surface area contributed by atoms with Gasteiger partial charge in [-0.2, -0.15) is 4.31 Å². The summed E-state index contributed by atoms with van der Waals surface area (Å²) in [5.41, 5.74) is 0.586. The highest BCUT2D eigenvalue weighted by atomic mass is 32.2. The third-order valence-electron chi connectivity index (χ3n) is 4.07. The zero-order chi connectivity index (χ0) is 17.6. The molecular weight excluding hydrogens is 328 g/mol. The van der Waals surface area contributed by atoms with E-state index in [1.165, 1.54) is 0 Å². The monoisotopic (exact) mass is 354 g/mol. The molecule has 24 heavy (non-hydrogen) atoms. The summed E-state index contributed by atoms with van der Waals surface area (Å²) >= 11 is 0. The second-order valence-corrected chi connectivity index (χ2v) is 8.07. The predicted molar refractivity (Wildman–Crippen MR) is 93.3 cm³/mol. The molecule has 1 amide bonds. The minimum absolute atomic E-state index is 0.149. The van der Waals surface area contributed by atoms with Gasteiger partial charge in [0.15, 0.2) is 0 Å². The van der Waals surface area contributed by atoms with E-state index in [0.717, 1.165) is 12.8 Å². The summed E-state index contributed by atoms with van der Waals surface area (Å²) in [7, 11) is -3.46. The van der Waals surface area contributed by atoms with Crippen LogP contribution >= 0.6 is 0 Å². The zero-order valence-electron chi connectivity index (χ0n) is 14.3. The molecule has 1 N–H and O–H groups in total. The SMILES string of the molecule is CCOCCC(=O)Nc1ccc(S(=O)(=O)N2CCCC(C)C2)cc1. The van der Waals surface area contributed by atoms with Gasteiger partial charge in [-0.05, 0) is 49.9 Å². The Bertz CT molecular complexity index is 643. The van der Waals surface area contributed by atoms with E-state index in [0.29, 0.717) is 37.9 Å². The molecule has 0 radical (unpaired) electrons. The number of benzene rings is 1. The van der Waals surface area contributed by atoms with Crippen LogP contribution < -0.4 is 5.32 Å². The van der Waals surface area contributed by atoms with Crippen LogP contribution in [0.5, 0.6) is 0 Å². The van der Waals surface area contributed by atoms with E-state index in [-0.39, 0.29) is 17.2 Å². The Kier molecular flexibility index (Phi) is 6.77. The molecule has 7 heteroatoms. The highest BCUT2D eigenvalue weighted by Crippen LogP contribution is 2.24. The number of hydrogen-bond acceptors (Lipinski definition) is 4. The Balaban J connectivity index is 1.99. The van der Waals surface area contributed by atoms with Gasteiger partial charge in [0, 0.05) is 25.4 Å². The van der Waals surface area contributed by atoms with Crippen molar-refractivity contribution in [2.75, 3.05) is 31.6 Å². The molecule has 1 aromatic rings. The van der Waals surface area contributed by atoms with Gasteiger partial charge < -0.3 is 10.1 Å². The predicted octanol–water partition coefficient (Wildman–Crippen LogP) is 2.47. The average Bonchev–Trinajstić information content (AvgIpc) is 2.55. The van der Waals surface area contributed by atoms with Crippen LogP contribution in [0.15, 0.2) is 29.2 Å². The number of nitrogens with zero attached hydrogens (tertiary/aromatic N) is 1. The summed E-state index contributed by atoms with van der Waals surface area (Å²) in [6.07, 6.45) is 2.24. The molecule has 1 saturated heterocycles. The van der Waals surface area contributed by atoms with Crippen molar-refractivity contribution in [3.8, 4) is 0 Å². The summed E-state index contributed by atoms with van der Waals surface area (Å²) in [5.74, 6) is 0.237. The van der Waals surface area contributed by atoms with Crippen LogP contribution in [0.1, 0.15) is 33.1 Å². The topological polar surface area (TPSA) is 75.7 Å². The number of carbonyl (C=O) groups excluding carboxylic acids is 1. The smallest absolute Gasteiger partial charge is 0.243 e. The number of anilines is 1. The van der Waals surface area contributed by atoms with E-state index in [1.54, 1.807) is 28.6 Å². The molecule has 2 rings (SSSR count). The van der Waals surface area contributed by atoms with Crippen molar-refractivity contribution >= 4 is 21.6 Å². The Labute approximate surface area is 144 Å². The van der Waals surface area contributed by atoms with Gasteiger partial charge in [0.2, 0.25) is 15.9 Å². The Morgan fingerprint density at radius 2 is 2.04 bits per heavy atom. The minimum Gasteiger partial charge on any atom is -0.381 e. The Morgan fingerprint density at radius 3 is 2.67 bits per heavy atom. The fourth-order valence-corrected chi connectivity index (χ4v) is 4.35. The second-order valence-electron chi connectivity index (χ2n) is 6.13. The van der Waals surface area contributed by atoms with E-state index in [9.17, 15) is 13.2 Å². The molecular formula is C17H26N2O4S. The molecule has 0 aromatic heterocycles. The van der Waals surface area contributed by atoms with Crippen molar-refractivity contribution in [2.45, 2.75) is 38.0 Å². The lowest BCUT2D eigenvalue weighted by Crippen LogP contribution is -2.39. The lowest BCUT2D eigenvalue weighted by atomic mass is 10.0. The first-order chi connectivity index (χ1) is 11.4. The third kappa shape index (κ3) is 5.03. The van der Waals surface area contributed by atoms with Crippen molar-refractivity contribution in [3.63, 3.8) is 0 Å². The third-order valence-corrected chi connectivity index (χ3v) is 5.95. The van der Waals surface area contributed by atoms with Gasteiger partial charge in [0.1, 0.15) is 0 Å². The molecule has 134 valence electrons. The molecule has 1 fully saturated rings. The number of nitrogens with one attached hydrogen (secondary N) is 1. The maximum atomic E-state index is 12.7. The molecule has 1 atom stereocenters. The second kappa shape index (κ2) is 8.60. The van der Waals surface area contributed by atoms with E-state index in [4.69, 9.17) is 4.74 Å². The summed E-state index contributed by atoms with van der Waals surface area (Å²) in [6, 6.07) is 6.34. The Hall–Kier alpha value is -1.44. The zero-order valence-corrected chi connectivity index (χ0v) is 15.1. The van der Waals surface area contributed by atoms with E-state index in [2.05, 4.69) is 12.2 Å². The summed E-state index contributed by atoms with van der Waals surface area (Å²) in [4.78, 5) is 12.0. The molecule has 6 nitrogen and oxygen atoms in total. The van der Waals surface area contributed by atoms with Crippen molar-refractivity contribution in [2.24, 2.45) is 5.92 Å². The molecule has 0 aliphatic carbocycles. The molecule has 1 aliphatic rings. The highest BCUT2D eigenvalue weighted by Gasteiger charge is 2.28. The van der Waals surface area contributed by atoms with Crippen molar-refractivity contribution in [3.05, 3.63) is 24.3 Å². The van der Waals surface area contributed by atoms with Crippen LogP contribution in [-0.2, 0) is 19.6 Å². The fraction of sp³-hybridized carbons (Fsp3) is 0.588. The van der Waals surface area contributed by atoms with Crippen molar-refractivity contribution in [1.29, 1.82) is 0 Å². The lowest BCUT2D eigenvalue weighted by Gasteiger charge is -2.30. The summed E-state index contributed by atoms with van der Waals surface area (Å²) in [5, 5.41) is 2.74. The summed E-state index contributed by atoms with van der Waals surface area (Å²) < 4.78 is 32.0. The van der Waals surface area contributed by atoms with Gasteiger partial charge in [-0.3, -0.25) is 4.79 Å². The summed E-state index contributed by atoms with van der Waals surface area (Å²) in [6.45, 7) is 6.04. The molecule has 1 aliphatic heterocycles. The molecule has 0 spiro atoms. The van der Waals surface area contributed by atoms with Gasteiger partial charge in [-0.1, -0.05) is 6.92 Å². The lowest BCUT2D eigenvalue weighted by molar-refractivity contribution is -0.117. The molecule has 1 aromatic carbocycles. The van der Waals surface area contributed by atoms with Crippen LogP contribution in [0.3, 0.4) is 0 Å². The first-order valence-corrected chi connectivity index (χ1v) is 9.85. The molecule has 1 unspecified atom stereocenters. The standard InChI is InChI=1S/C17H26N2O4S/c1-3-23-12-10-17(20)18-15-6-8-16(9-7-15)24(21,22)19-11-4-5-14(2)13-19/h6-9,14H,3-5,10-13H2,1-2H3,(H,18,20). The van der Waals surface area contributed by atoms with E-state index < -0.39 is 10.0 Å². The maximum Gasteiger partial charge on any atom is 0.243 e. The van der Waals surface area contributed by atoms with Crippen LogP contribution in [0.25, 0.3) is 0 Å². The van der Waals surface area contributed by atoms with Gasteiger partial charge in [-0.25, -0.2) is 8.42 Å². The van der Waals surface area contributed by atoms with Crippen molar-refractivity contribution in [1.82, 2.24) is 4.31 Å². The number of amides is 1. The van der Waals surface area contributed by atoms with Crippen LogP contribution in [0.4, 0.5) is 5.69 Å². The number of ether oxygens (including phenoxy) is 1. The molecule has 0 saturated carbocycles. The number of carbonyl (C=O) groups is 1. The molecule has 0 bridgehead atoms. The van der Waals surface area contributed by atoms with E-state index in [1.807, 2.05) is 6.92 Å². The fourth-order valence-electron chi connectivity index (χ4n) is 2.76. The van der Waals surface area contributed by atoms with Crippen molar-refractivity contribution < 1.29 is 17.9 Å². The maximum absolute atomic E-state index is 12.7. The van der Waals surface area contributed by atoms with Gasteiger partial charge in [0.25, 0.3) is 0 Å². The van der Waals surface area contributed by atoms with Crippen LogP contribution in [0, 0.1) is 5.92 Å². The number of piperidine rings is 1. The first-order valence-electron chi connectivity index (χ1n) is 8.41. The van der Waals surface area contributed by atoms with Crippen LogP contribution in [-0.4, -0.2) is 44.9 Å². The minimum atomic E-state index is -3.46. The van der Waals surface area contributed by atoms with Gasteiger partial charge in [0.05, 0.1) is 17.9 Å². The number of hydrogen-bond donors (Lipinski definition) is 1. The average molecular weight is 354 g/mol. The number of sulfonamides is 1. The quantitative estimate of drug-likeness (QED) is 0.763. The highest BCUT2D eigenvalue weighted by molar-refractivity contribution is 7.89. The van der Waals surface area contributed by atoms with Gasteiger partial charge >= 0.3 is 0 Å². The normalized spacial score (nSPS) is 19.2. The first kappa shape index (κ1) is 18.9. The Morgan fingerprint density at radius 1 is 1.33 bits per heavy atom. The van der Waals surface area contributed by atoms with E-state index >= 15 is 0 Å². The molecule has 1 heterocycles. The number of rotatable bonds is 7. The van der Waals surface area contributed by atoms with Crippen LogP contribution in [0.2, 0.25) is 0 Å². The van der Waals surface area contributed by atoms with Gasteiger partial charge in [-0.15, -0.1) is 0 Å².